The van der Waals surface area contributed by atoms with Gasteiger partial charge in [-0.05, 0) is 48.5 Å². The second-order valence-corrected chi connectivity index (χ2v) is 6.34. The largest absolute Gasteiger partial charge is 0.457 e. The molecule has 1 heterocycles. The van der Waals surface area contributed by atoms with Crippen molar-refractivity contribution in [2.75, 3.05) is 10.6 Å². The molecule has 30 heavy (non-hydrogen) atoms. The average Bonchev–Trinajstić information content (AvgIpc) is 2.70. The molecule has 3 rings (SSSR count). The van der Waals surface area contributed by atoms with Gasteiger partial charge in [0.25, 0.3) is 0 Å². The van der Waals surface area contributed by atoms with Crippen LogP contribution in [0.1, 0.15) is 16.1 Å². The van der Waals surface area contributed by atoms with Crippen LogP contribution in [0.4, 0.5) is 29.3 Å². The highest BCUT2D eigenvalue weighted by molar-refractivity contribution is 6.31. The number of carbonyl (C=O) groups is 2. The van der Waals surface area contributed by atoms with Gasteiger partial charge in [-0.2, -0.15) is 13.2 Å². The first-order chi connectivity index (χ1) is 14.2. The second kappa shape index (κ2) is 8.83. The van der Waals surface area contributed by atoms with Crippen molar-refractivity contribution in [2.45, 2.75) is 6.18 Å². The van der Waals surface area contributed by atoms with Gasteiger partial charge in [0.15, 0.2) is 6.29 Å². The summed E-state index contributed by atoms with van der Waals surface area (Å²) in [6, 6.07) is 11.6. The predicted octanol–water partition coefficient (Wildman–Crippen LogP) is 6.00. The number of hydrogen-bond acceptors (Lipinski definition) is 4. The lowest BCUT2D eigenvalue weighted by Gasteiger charge is -2.12. The first-order valence-corrected chi connectivity index (χ1v) is 8.76. The molecular formula is C20H13ClF3N3O3. The zero-order valence-electron chi connectivity index (χ0n) is 15.0. The number of ether oxygens (including phenoxy) is 1. The number of rotatable bonds is 5. The van der Waals surface area contributed by atoms with E-state index in [-0.39, 0.29) is 11.4 Å². The van der Waals surface area contributed by atoms with Crippen LogP contribution in [-0.4, -0.2) is 17.3 Å². The molecule has 2 amide bonds. The Balaban J connectivity index is 1.63. The topological polar surface area (TPSA) is 80.3 Å². The number of amides is 2. The Bertz CT molecular complexity index is 1070. The number of aromatic nitrogens is 1. The summed E-state index contributed by atoms with van der Waals surface area (Å²) in [6.45, 7) is 0. The van der Waals surface area contributed by atoms with E-state index in [0.717, 1.165) is 12.1 Å². The number of urea groups is 1. The Morgan fingerprint density at radius 3 is 2.30 bits per heavy atom. The molecule has 0 saturated heterocycles. The highest BCUT2D eigenvalue weighted by atomic mass is 35.5. The maximum atomic E-state index is 12.9. The molecule has 0 spiro atoms. The Morgan fingerprint density at radius 2 is 1.63 bits per heavy atom. The van der Waals surface area contributed by atoms with Gasteiger partial charge in [0.05, 0.1) is 10.6 Å². The molecule has 154 valence electrons. The lowest BCUT2D eigenvalue weighted by Crippen LogP contribution is -2.19. The molecule has 0 aliphatic carbocycles. The molecule has 0 unspecified atom stereocenters. The SMILES string of the molecule is O=Cc1cc(Oc2ccc(NC(=O)Nc3ccc(Cl)c(C(F)(F)F)c3)cc2)ccn1. The molecule has 3 aromatic rings. The molecule has 0 aliphatic heterocycles. The molecule has 10 heteroatoms. The number of pyridine rings is 1. The first kappa shape index (κ1) is 21.1. The van der Waals surface area contributed by atoms with Crippen LogP contribution in [0.15, 0.2) is 60.8 Å². The molecule has 0 bridgehead atoms. The molecule has 0 radical (unpaired) electrons. The van der Waals surface area contributed by atoms with Crippen molar-refractivity contribution in [3.05, 3.63) is 77.1 Å². The molecule has 6 nitrogen and oxygen atoms in total. The molecule has 2 aromatic carbocycles. The standard InChI is InChI=1S/C20H13ClF3N3O3/c21-18-6-3-13(10-17(18)20(22,23)24)27-19(29)26-12-1-4-15(5-2-12)30-16-7-8-25-14(9-16)11-28/h1-11H,(H2,26,27,29). The third-order valence-corrected chi connectivity index (χ3v) is 4.08. The number of nitrogens with zero attached hydrogens (tertiary/aromatic N) is 1. The number of alkyl halides is 3. The molecule has 0 aliphatic rings. The van der Waals surface area contributed by atoms with Gasteiger partial charge < -0.3 is 15.4 Å². The monoisotopic (exact) mass is 435 g/mol. The summed E-state index contributed by atoms with van der Waals surface area (Å²) in [6.07, 6.45) is -2.61. The van der Waals surface area contributed by atoms with Crippen LogP contribution in [0.3, 0.4) is 0 Å². The molecule has 0 fully saturated rings. The molecule has 1 aromatic heterocycles. The summed E-state index contributed by atoms with van der Waals surface area (Å²) in [5.74, 6) is 0.852. The number of benzene rings is 2. The summed E-state index contributed by atoms with van der Waals surface area (Å²) < 4.78 is 44.3. The third kappa shape index (κ3) is 5.48. The van der Waals surface area contributed by atoms with Crippen molar-refractivity contribution in [1.82, 2.24) is 4.98 Å². The highest BCUT2D eigenvalue weighted by Crippen LogP contribution is 2.36. The van der Waals surface area contributed by atoms with Gasteiger partial charge in [-0.3, -0.25) is 9.78 Å². The average molecular weight is 436 g/mol. The number of carbonyl (C=O) groups excluding carboxylic acids is 2. The third-order valence-electron chi connectivity index (χ3n) is 3.75. The molecule has 2 N–H and O–H groups in total. The predicted molar refractivity (Wildman–Crippen MR) is 105 cm³/mol. The molecular weight excluding hydrogens is 423 g/mol. The fourth-order valence-corrected chi connectivity index (χ4v) is 2.64. The lowest BCUT2D eigenvalue weighted by atomic mass is 10.2. The van der Waals surface area contributed by atoms with Crippen molar-refractivity contribution >= 4 is 35.3 Å². The zero-order valence-corrected chi connectivity index (χ0v) is 15.8. The van der Waals surface area contributed by atoms with E-state index in [4.69, 9.17) is 16.3 Å². The van der Waals surface area contributed by atoms with E-state index < -0.39 is 22.8 Å². The normalized spacial score (nSPS) is 10.9. The van der Waals surface area contributed by atoms with Gasteiger partial charge in [-0.25, -0.2) is 4.79 Å². The van der Waals surface area contributed by atoms with E-state index in [1.807, 2.05) is 0 Å². The van der Waals surface area contributed by atoms with Gasteiger partial charge in [0, 0.05) is 23.6 Å². The van der Waals surface area contributed by atoms with Crippen LogP contribution in [0.25, 0.3) is 0 Å². The van der Waals surface area contributed by atoms with Crippen molar-refractivity contribution in [3.8, 4) is 11.5 Å². The maximum absolute atomic E-state index is 12.9. The van der Waals surface area contributed by atoms with Crippen molar-refractivity contribution < 1.29 is 27.5 Å². The quantitative estimate of drug-likeness (QED) is 0.481. The van der Waals surface area contributed by atoms with E-state index in [1.54, 1.807) is 30.3 Å². The lowest BCUT2D eigenvalue weighted by molar-refractivity contribution is -0.137. The van der Waals surface area contributed by atoms with E-state index in [0.29, 0.717) is 23.5 Å². The second-order valence-electron chi connectivity index (χ2n) is 5.93. The van der Waals surface area contributed by atoms with E-state index in [9.17, 15) is 22.8 Å². The number of anilines is 2. The van der Waals surface area contributed by atoms with Gasteiger partial charge in [-0.15, -0.1) is 0 Å². The molecule has 0 saturated carbocycles. The van der Waals surface area contributed by atoms with Crippen LogP contribution in [0.5, 0.6) is 11.5 Å². The summed E-state index contributed by atoms with van der Waals surface area (Å²) in [7, 11) is 0. The van der Waals surface area contributed by atoms with Gasteiger partial charge in [-0.1, -0.05) is 11.6 Å². The van der Waals surface area contributed by atoms with Crippen LogP contribution in [0, 0.1) is 0 Å². The summed E-state index contributed by atoms with van der Waals surface area (Å²) >= 11 is 5.56. The summed E-state index contributed by atoms with van der Waals surface area (Å²) in [5.41, 5.74) is -0.503. The smallest absolute Gasteiger partial charge is 0.417 e. The van der Waals surface area contributed by atoms with Crippen LogP contribution in [-0.2, 0) is 6.18 Å². The van der Waals surface area contributed by atoms with E-state index in [2.05, 4.69) is 15.6 Å². The minimum absolute atomic E-state index is 0.0622. The number of aldehydes is 1. The zero-order chi connectivity index (χ0) is 21.7. The van der Waals surface area contributed by atoms with Crippen LogP contribution >= 0.6 is 11.6 Å². The Hall–Kier alpha value is -3.59. The Morgan fingerprint density at radius 1 is 0.967 bits per heavy atom. The number of halogens is 4. The summed E-state index contributed by atoms with van der Waals surface area (Å²) in [4.78, 5) is 26.6. The van der Waals surface area contributed by atoms with Crippen LogP contribution in [0.2, 0.25) is 5.02 Å². The van der Waals surface area contributed by atoms with Gasteiger partial charge in [0.2, 0.25) is 0 Å². The molecule has 0 atom stereocenters. The fourth-order valence-electron chi connectivity index (χ4n) is 2.41. The van der Waals surface area contributed by atoms with Gasteiger partial charge >= 0.3 is 12.2 Å². The number of hydrogen-bond donors (Lipinski definition) is 2. The van der Waals surface area contributed by atoms with Crippen molar-refractivity contribution in [1.29, 1.82) is 0 Å². The summed E-state index contributed by atoms with van der Waals surface area (Å²) in [5, 5.41) is 4.35. The minimum atomic E-state index is -4.64. The van der Waals surface area contributed by atoms with E-state index in [1.165, 1.54) is 18.3 Å². The minimum Gasteiger partial charge on any atom is -0.457 e. The van der Waals surface area contributed by atoms with Crippen molar-refractivity contribution in [2.24, 2.45) is 0 Å². The Labute approximate surface area is 173 Å². The maximum Gasteiger partial charge on any atom is 0.417 e. The number of nitrogens with one attached hydrogen (secondary N) is 2. The van der Waals surface area contributed by atoms with Gasteiger partial charge in [0.1, 0.15) is 17.2 Å². The first-order valence-electron chi connectivity index (χ1n) is 8.38. The highest BCUT2D eigenvalue weighted by Gasteiger charge is 2.33. The van der Waals surface area contributed by atoms with E-state index >= 15 is 0 Å². The Kier molecular flexibility index (Phi) is 6.22. The van der Waals surface area contributed by atoms with Crippen molar-refractivity contribution in [3.63, 3.8) is 0 Å². The fraction of sp³-hybridized carbons (Fsp3) is 0.0500. The van der Waals surface area contributed by atoms with Crippen LogP contribution < -0.4 is 15.4 Å².